The average molecular weight is 466 g/mol. The molecule has 3 aromatic carbocycles. The maximum Gasteiger partial charge on any atom is 0.178 e. The molecule has 0 radical (unpaired) electrons. The summed E-state index contributed by atoms with van der Waals surface area (Å²) in [6, 6.07) is 27.4. The van der Waals surface area contributed by atoms with Crippen molar-refractivity contribution in [3.8, 4) is 17.2 Å². The lowest BCUT2D eigenvalue weighted by Gasteiger charge is -2.10. The molecule has 0 atom stereocenters. The Hall–Kier alpha value is -4.72. The van der Waals surface area contributed by atoms with Gasteiger partial charge in [-0.2, -0.15) is 5.21 Å². The van der Waals surface area contributed by atoms with Gasteiger partial charge in [0.2, 0.25) is 0 Å². The number of fused-ring (bicyclic) bond motifs is 1. The first-order chi connectivity index (χ1) is 17.3. The number of H-pyrrole nitrogens is 1. The quantitative estimate of drug-likeness (QED) is 0.289. The summed E-state index contributed by atoms with van der Waals surface area (Å²) in [6.07, 6.45) is 3.96. The van der Waals surface area contributed by atoms with Gasteiger partial charge in [-0.15, -0.1) is 10.2 Å². The van der Waals surface area contributed by atoms with Crippen molar-refractivity contribution in [2.45, 2.75) is 19.6 Å². The minimum Gasteiger partial charge on any atom is -0.489 e. The van der Waals surface area contributed by atoms with Crippen molar-refractivity contribution in [1.82, 2.24) is 25.6 Å². The van der Waals surface area contributed by atoms with Gasteiger partial charge in [-0.3, -0.25) is 0 Å². The molecule has 5 aromatic rings. The molecule has 8 heteroatoms. The van der Waals surface area contributed by atoms with Crippen molar-refractivity contribution in [2.75, 3.05) is 0 Å². The summed E-state index contributed by atoms with van der Waals surface area (Å²) in [4.78, 5) is 4.66. The van der Waals surface area contributed by atoms with Crippen molar-refractivity contribution in [2.24, 2.45) is 0 Å². The van der Waals surface area contributed by atoms with E-state index in [1.54, 1.807) is 6.26 Å². The lowest BCUT2D eigenvalue weighted by Crippen LogP contribution is -2.00. The van der Waals surface area contributed by atoms with Gasteiger partial charge < -0.3 is 14.2 Å². The number of aromatic nitrogens is 5. The molecule has 0 saturated carbocycles. The second-order valence-corrected chi connectivity index (χ2v) is 7.71. The summed E-state index contributed by atoms with van der Waals surface area (Å²) in [5.74, 6) is 2.84. The Morgan fingerprint density at radius 2 is 1.63 bits per heavy atom. The van der Waals surface area contributed by atoms with Gasteiger partial charge in [0.25, 0.3) is 0 Å². The standard InChI is InChI=1S/C27H23N5O3/c1-2-8-26-21(6-1)10-11-22(28-26)19-35-25-7-3-5-20(17-25)18-34-24-14-12-23(13-15-24)33-16-4-9-27-29-31-32-30-27/h1-8,10-17H,9,18-19H2,(H,29,30,31,32)/b16-4+. The SMILES string of the molecule is C(=C\Oc1ccc(OCc2cccc(OCc3ccc4ccccc4n3)c2)cc1)/Cc1nn[nH]n1. The van der Waals surface area contributed by atoms with Gasteiger partial charge in [0.1, 0.15) is 30.5 Å². The fourth-order valence-electron chi connectivity index (χ4n) is 3.40. The summed E-state index contributed by atoms with van der Waals surface area (Å²) in [5, 5.41) is 14.8. The number of para-hydroxylation sites is 1. The first kappa shape index (κ1) is 22.1. The molecule has 0 aliphatic heterocycles. The van der Waals surface area contributed by atoms with Gasteiger partial charge in [0.05, 0.1) is 17.5 Å². The summed E-state index contributed by atoms with van der Waals surface area (Å²) >= 11 is 0. The van der Waals surface area contributed by atoms with E-state index in [4.69, 9.17) is 14.2 Å². The normalized spacial score (nSPS) is 11.1. The fraction of sp³-hybridized carbons (Fsp3) is 0.111. The zero-order chi connectivity index (χ0) is 23.7. The molecule has 0 spiro atoms. The van der Waals surface area contributed by atoms with Crippen LogP contribution < -0.4 is 14.2 Å². The number of benzene rings is 3. The van der Waals surface area contributed by atoms with Crippen LogP contribution in [0.15, 0.2) is 97.3 Å². The van der Waals surface area contributed by atoms with E-state index >= 15 is 0 Å². The van der Waals surface area contributed by atoms with Gasteiger partial charge >= 0.3 is 0 Å². The Balaban J connectivity index is 1.10. The first-order valence-corrected chi connectivity index (χ1v) is 11.2. The highest BCUT2D eigenvalue weighted by Crippen LogP contribution is 2.21. The largest absolute Gasteiger partial charge is 0.489 e. The van der Waals surface area contributed by atoms with E-state index < -0.39 is 0 Å². The number of tetrazole rings is 1. The molecule has 0 aliphatic rings. The molecule has 1 N–H and O–H groups in total. The number of hydrogen-bond acceptors (Lipinski definition) is 7. The zero-order valence-electron chi connectivity index (χ0n) is 18.9. The highest BCUT2D eigenvalue weighted by Gasteiger charge is 2.03. The number of nitrogens with zero attached hydrogens (tertiary/aromatic N) is 4. The van der Waals surface area contributed by atoms with Crippen molar-refractivity contribution in [3.63, 3.8) is 0 Å². The third-order valence-corrected chi connectivity index (χ3v) is 5.16. The highest BCUT2D eigenvalue weighted by molar-refractivity contribution is 5.78. The average Bonchev–Trinajstić information content (AvgIpc) is 3.43. The van der Waals surface area contributed by atoms with E-state index in [9.17, 15) is 0 Å². The molecule has 0 saturated heterocycles. The third-order valence-electron chi connectivity index (χ3n) is 5.16. The van der Waals surface area contributed by atoms with Crippen LogP contribution in [0.25, 0.3) is 10.9 Å². The summed E-state index contributed by atoms with van der Waals surface area (Å²) in [5.41, 5.74) is 2.86. The lowest BCUT2D eigenvalue weighted by atomic mass is 10.2. The van der Waals surface area contributed by atoms with Crippen LogP contribution in [0.2, 0.25) is 0 Å². The van der Waals surface area contributed by atoms with E-state index in [0.717, 1.165) is 33.7 Å². The zero-order valence-corrected chi connectivity index (χ0v) is 18.9. The Kier molecular flexibility index (Phi) is 6.90. The molecule has 0 unspecified atom stereocenters. The number of ether oxygens (including phenoxy) is 3. The van der Waals surface area contributed by atoms with E-state index in [1.807, 2.05) is 84.9 Å². The molecule has 5 rings (SSSR count). The molecule has 174 valence electrons. The van der Waals surface area contributed by atoms with Crippen LogP contribution in [0.4, 0.5) is 0 Å². The molecular formula is C27H23N5O3. The number of nitrogens with one attached hydrogen (secondary N) is 1. The van der Waals surface area contributed by atoms with Crippen LogP contribution in [-0.4, -0.2) is 25.6 Å². The molecule has 0 aliphatic carbocycles. The van der Waals surface area contributed by atoms with Crippen molar-refractivity contribution in [3.05, 3.63) is 114 Å². The van der Waals surface area contributed by atoms with E-state index in [-0.39, 0.29) is 0 Å². The molecular weight excluding hydrogens is 442 g/mol. The lowest BCUT2D eigenvalue weighted by molar-refractivity contribution is 0.293. The maximum atomic E-state index is 5.97. The summed E-state index contributed by atoms with van der Waals surface area (Å²) in [7, 11) is 0. The Morgan fingerprint density at radius 3 is 2.51 bits per heavy atom. The minimum absolute atomic E-state index is 0.403. The number of allylic oxidation sites excluding steroid dienone is 1. The van der Waals surface area contributed by atoms with Crippen molar-refractivity contribution in [1.29, 1.82) is 0 Å². The van der Waals surface area contributed by atoms with Gasteiger partial charge in [-0.1, -0.05) is 41.6 Å². The second kappa shape index (κ2) is 10.9. The molecule has 0 amide bonds. The Bertz CT molecular complexity index is 1400. The van der Waals surface area contributed by atoms with E-state index in [1.165, 1.54) is 0 Å². The highest BCUT2D eigenvalue weighted by atomic mass is 16.5. The summed E-state index contributed by atoms with van der Waals surface area (Å²) in [6.45, 7) is 0.830. The van der Waals surface area contributed by atoms with Crippen LogP contribution >= 0.6 is 0 Å². The van der Waals surface area contributed by atoms with Crippen molar-refractivity contribution >= 4 is 10.9 Å². The third kappa shape index (κ3) is 6.20. The second-order valence-electron chi connectivity index (χ2n) is 7.71. The van der Waals surface area contributed by atoms with Gasteiger partial charge in [0, 0.05) is 11.8 Å². The first-order valence-electron chi connectivity index (χ1n) is 11.2. The molecule has 0 bridgehead atoms. The van der Waals surface area contributed by atoms with E-state index in [2.05, 4.69) is 31.7 Å². The van der Waals surface area contributed by atoms with Gasteiger partial charge in [-0.05, 0) is 60.2 Å². The van der Waals surface area contributed by atoms with Gasteiger partial charge in [-0.25, -0.2) is 4.98 Å². The van der Waals surface area contributed by atoms with Gasteiger partial charge in [0.15, 0.2) is 5.82 Å². The Labute approximate surface area is 202 Å². The molecule has 2 aromatic heterocycles. The molecule has 8 nitrogen and oxygen atoms in total. The number of pyridine rings is 1. The van der Waals surface area contributed by atoms with Crippen LogP contribution in [0, 0.1) is 0 Å². The topological polar surface area (TPSA) is 95.0 Å². The maximum absolute atomic E-state index is 5.97. The van der Waals surface area contributed by atoms with Crippen LogP contribution in [0.3, 0.4) is 0 Å². The Morgan fingerprint density at radius 1 is 0.771 bits per heavy atom. The molecule has 0 fully saturated rings. The molecule has 2 heterocycles. The predicted molar refractivity (Wildman–Crippen MR) is 131 cm³/mol. The van der Waals surface area contributed by atoms with Crippen LogP contribution in [0.1, 0.15) is 17.1 Å². The summed E-state index contributed by atoms with van der Waals surface area (Å²) < 4.78 is 17.5. The number of aromatic amines is 1. The fourth-order valence-corrected chi connectivity index (χ4v) is 3.40. The number of hydrogen-bond donors (Lipinski definition) is 1. The van der Waals surface area contributed by atoms with E-state index in [0.29, 0.717) is 31.2 Å². The monoisotopic (exact) mass is 465 g/mol. The van der Waals surface area contributed by atoms with Crippen LogP contribution in [0.5, 0.6) is 17.2 Å². The number of rotatable bonds is 10. The minimum atomic E-state index is 0.403. The molecule has 35 heavy (non-hydrogen) atoms. The van der Waals surface area contributed by atoms with Crippen molar-refractivity contribution < 1.29 is 14.2 Å². The van der Waals surface area contributed by atoms with Crippen LogP contribution in [-0.2, 0) is 19.6 Å². The predicted octanol–water partition coefficient (Wildman–Crippen LogP) is 5.04. The smallest absolute Gasteiger partial charge is 0.178 e.